The number of hydrogen-bond acceptors (Lipinski definition) is 3. The molecule has 0 aromatic heterocycles. The monoisotopic (exact) mass is 261 g/mol. The average Bonchev–Trinajstić information content (AvgIpc) is 2.46. The molecule has 0 spiro atoms. The van der Waals surface area contributed by atoms with Crippen molar-refractivity contribution in [3.63, 3.8) is 0 Å². The Morgan fingerprint density at radius 2 is 2.21 bits per heavy atom. The fourth-order valence-corrected chi connectivity index (χ4v) is 2.58. The van der Waals surface area contributed by atoms with Gasteiger partial charge in [-0.3, -0.25) is 4.79 Å². The second-order valence-electron chi connectivity index (χ2n) is 4.95. The van der Waals surface area contributed by atoms with Gasteiger partial charge in [0.25, 0.3) is 0 Å². The maximum absolute atomic E-state index is 11.6. The third kappa shape index (κ3) is 3.26. The zero-order valence-corrected chi connectivity index (χ0v) is 11.8. The van der Waals surface area contributed by atoms with Crippen LogP contribution in [0, 0.1) is 0 Å². The number of fused-ring (bicyclic) bond motifs is 1. The molecule has 1 aliphatic heterocycles. The highest BCUT2D eigenvalue weighted by atomic mass is 16.1. The van der Waals surface area contributed by atoms with Gasteiger partial charge in [-0.2, -0.15) is 0 Å². The fourth-order valence-electron chi connectivity index (χ4n) is 2.58. The standard InChI is InChI=1S/C15H23N3O/c1-3-9-17-13-8-10-18(11-15(19)16-2)14-7-5-4-6-12(13)14/h4-7,13,17H,3,8-11H2,1-2H3,(H,16,19). The Hall–Kier alpha value is -1.55. The Morgan fingerprint density at radius 1 is 1.42 bits per heavy atom. The van der Waals surface area contributed by atoms with Crippen LogP contribution in [0.25, 0.3) is 0 Å². The van der Waals surface area contributed by atoms with E-state index in [0.29, 0.717) is 12.6 Å². The summed E-state index contributed by atoms with van der Waals surface area (Å²) in [6.07, 6.45) is 2.19. The third-order valence-electron chi connectivity index (χ3n) is 3.59. The number of hydrogen-bond donors (Lipinski definition) is 2. The summed E-state index contributed by atoms with van der Waals surface area (Å²) in [4.78, 5) is 13.7. The number of amides is 1. The van der Waals surface area contributed by atoms with Gasteiger partial charge in [0, 0.05) is 25.3 Å². The van der Waals surface area contributed by atoms with Crippen molar-refractivity contribution in [3.05, 3.63) is 29.8 Å². The highest BCUT2D eigenvalue weighted by Crippen LogP contribution is 2.33. The Kier molecular flexibility index (Phi) is 4.80. The lowest BCUT2D eigenvalue weighted by atomic mass is 9.96. The first-order valence-electron chi connectivity index (χ1n) is 7.04. The lowest BCUT2D eigenvalue weighted by Crippen LogP contribution is -2.41. The quantitative estimate of drug-likeness (QED) is 0.847. The minimum atomic E-state index is 0.0646. The van der Waals surface area contributed by atoms with E-state index in [1.807, 2.05) is 6.07 Å². The van der Waals surface area contributed by atoms with Crippen LogP contribution in [0.15, 0.2) is 24.3 Å². The first kappa shape index (κ1) is 13.9. The molecule has 19 heavy (non-hydrogen) atoms. The Labute approximate surface area is 115 Å². The first-order chi connectivity index (χ1) is 9.26. The molecule has 4 nitrogen and oxygen atoms in total. The van der Waals surface area contributed by atoms with Gasteiger partial charge < -0.3 is 15.5 Å². The summed E-state index contributed by atoms with van der Waals surface area (Å²) in [5.74, 6) is 0.0646. The van der Waals surface area contributed by atoms with Crippen molar-refractivity contribution in [1.82, 2.24) is 10.6 Å². The Bertz CT molecular complexity index is 433. The summed E-state index contributed by atoms with van der Waals surface area (Å²) in [7, 11) is 1.68. The molecule has 1 unspecified atom stereocenters. The summed E-state index contributed by atoms with van der Waals surface area (Å²) < 4.78 is 0. The van der Waals surface area contributed by atoms with Gasteiger partial charge in [0.05, 0.1) is 6.54 Å². The molecule has 4 heteroatoms. The molecule has 1 aliphatic rings. The molecule has 0 radical (unpaired) electrons. The zero-order chi connectivity index (χ0) is 13.7. The average molecular weight is 261 g/mol. The van der Waals surface area contributed by atoms with Crippen LogP contribution in [-0.2, 0) is 4.79 Å². The molecule has 1 amide bonds. The fraction of sp³-hybridized carbons (Fsp3) is 0.533. The van der Waals surface area contributed by atoms with Crippen molar-refractivity contribution >= 4 is 11.6 Å². The number of rotatable bonds is 5. The number of carbonyl (C=O) groups excluding carboxylic acids is 1. The highest BCUT2D eigenvalue weighted by Gasteiger charge is 2.25. The lowest BCUT2D eigenvalue weighted by molar-refractivity contribution is -0.119. The second-order valence-corrected chi connectivity index (χ2v) is 4.95. The zero-order valence-electron chi connectivity index (χ0n) is 11.8. The van der Waals surface area contributed by atoms with Gasteiger partial charge in [0.2, 0.25) is 5.91 Å². The van der Waals surface area contributed by atoms with Crippen LogP contribution in [0.3, 0.4) is 0 Å². The van der Waals surface area contributed by atoms with Gasteiger partial charge in [-0.15, -0.1) is 0 Å². The first-order valence-corrected chi connectivity index (χ1v) is 7.04. The number of benzene rings is 1. The molecule has 2 rings (SSSR count). The molecule has 0 bridgehead atoms. The summed E-state index contributed by atoms with van der Waals surface area (Å²) >= 11 is 0. The molecule has 104 valence electrons. The number of nitrogens with one attached hydrogen (secondary N) is 2. The number of anilines is 1. The molecule has 0 fully saturated rings. The summed E-state index contributed by atoms with van der Waals surface area (Å²) in [5, 5.41) is 6.28. The van der Waals surface area contributed by atoms with Crippen LogP contribution in [0.4, 0.5) is 5.69 Å². The Morgan fingerprint density at radius 3 is 2.95 bits per heavy atom. The predicted molar refractivity (Wildman–Crippen MR) is 78.4 cm³/mol. The number of carbonyl (C=O) groups is 1. The summed E-state index contributed by atoms with van der Waals surface area (Å²) in [6.45, 7) is 4.58. The maximum Gasteiger partial charge on any atom is 0.239 e. The SMILES string of the molecule is CCCNC1CCN(CC(=O)NC)c2ccccc21. The van der Waals surface area contributed by atoms with Crippen LogP contribution >= 0.6 is 0 Å². The van der Waals surface area contributed by atoms with Crippen LogP contribution < -0.4 is 15.5 Å². The van der Waals surface area contributed by atoms with Gasteiger partial charge >= 0.3 is 0 Å². The lowest BCUT2D eigenvalue weighted by Gasteiger charge is -2.35. The molecule has 1 aromatic carbocycles. The van der Waals surface area contributed by atoms with E-state index < -0.39 is 0 Å². The van der Waals surface area contributed by atoms with Crippen molar-refractivity contribution in [3.8, 4) is 0 Å². The largest absolute Gasteiger partial charge is 0.362 e. The minimum Gasteiger partial charge on any atom is -0.362 e. The van der Waals surface area contributed by atoms with Crippen LogP contribution in [-0.4, -0.2) is 32.6 Å². The molecule has 0 saturated heterocycles. The molecule has 0 saturated carbocycles. The van der Waals surface area contributed by atoms with Crippen molar-refractivity contribution in [2.75, 3.05) is 31.6 Å². The van der Waals surface area contributed by atoms with Gasteiger partial charge in [0.15, 0.2) is 0 Å². The number of para-hydroxylation sites is 1. The molecule has 1 heterocycles. The van der Waals surface area contributed by atoms with Crippen molar-refractivity contribution in [2.24, 2.45) is 0 Å². The van der Waals surface area contributed by atoms with Crippen LogP contribution in [0.2, 0.25) is 0 Å². The second kappa shape index (κ2) is 6.57. The maximum atomic E-state index is 11.6. The smallest absolute Gasteiger partial charge is 0.239 e. The normalized spacial score (nSPS) is 18.0. The molecule has 1 atom stereocenters. The van der Waals surface area contributed by atoms with Gasteiger partial charge in [-0.05, 0) is 31.0 Å². The number of likely N-dealkylation sites (N-methyl/N-ethyl adjacent to an activating group) is 1. The van der Waals surface area contributed by atoms with E-state index in [4.69, 9.17) is 0 Å². The molecule has 2 N–H and O–H groups in total. The minimum absolute atomic E-state index is 0.0646. The Balaban J connectivity index is 2.16. The predicted octanol–water partition coefficient (Wildman–Crippen LogP) is 1.68. The van der Waals surface area contributed by atoms with Crippen LogP contribution in [0.1, 0.15) is 31.4 Å². The molecule has 1 aromatic rings. The molecular formula is C15H23N3O. The van der Waals surface area contributed by atoms with E-state index >= 15 is 0 Å². The molecular weight excluding hydrogens is 238 g/mol. The van der Waals surface area contributed by atoms with E-state index in [0.717, 1.165) is 25.9 Å². The van der Waals surface area contributed by atoms with Gasteiger partial charge in [-0.25, -0.2) is 0 Å². The van der Waals surface area contributed by atoms with Crippen LogP contribution in [0.5, 0.6) is 0 Å². The van der Waals surface area contributed by atoms with Crippen molar-refractivity contribution in [1.29, 1.82) is 0 Å². The molecule has 0 aliphatic carbocycles. The van der Waals surface area contributed by atoms with Gasteiger partial charge in [0.1, 0.15) is 0 Å². The van der Waals surface area contributed by atoms with E-state index in [2.05, 4.69) is 40.7 Å². The van der Waals surface area contributed by atoms with Crippen molar-refractivity contribution < 1.29 is 4.79 Å². The highest BCUT2D eigenvalue weighted by molar-refractivity contribution is 5.81. The van der Waals surface area contributed by atoms with E-state index in [9.17, 15) is 4.79 Å². The summed E-state index contributed by atoms with van der Waals surface area (Å²) in [5.41, 5.74) is 2.50. The topological polar surface area (TPSA) is 44.4 Å². The van der Waals surface area contributed by atoms with E-state index in [1.54, 1.807) is 7.05 Å². The summed E-state index contributed by atoms with van der Waals surface area (Å²) in [6, 6.07) is 8.80. The van der Waals surface area contributed by atoms with Crippen molar-refractivity contribution in [2.45, 2.75) is 25.8 Å². The number of nitrogens with zero attached hydrogens (tertiary/aromatic N) is 1. The van der Waals surface area contributed by atoms with Gasteiger partial charge in [-0.1, -0.05) is 25.1 Å². The third-order valence-corrected chi connectivity index (χ3v) is 3.59. The van der Waals surface area contributed by atoms with E-state index in [1.165, 1.54) is 11.3 Å². The van der Waals surface area contributed by atoms with E-state index in [-0.39, 0.29) is 5.91 Å².